The van der Waals surface area contributed by atoms with E-state index in [2.05, 4.69) is 42.2 Å². The van der Waals surface area contributed by atoms with Gasteiger partial charge in [0, 0.05) is 14.5 Å². The summed E-state index contributed by atoms with van der Waals surface area (Å²) in [6.45, 7) is 0. The van der Waals surface area contributed by atoms with Crippen molar-refractivity contribution < 1.29 is 9.18 Å². The molecule has 3 aromatic rings. The van der Waals surface area contributed by atoms with Gasteiger partial charge in [-0.3, -0.25) is 4.79 Å². The highest BCUT2D eigenvalue weighted by atomic mass is 79.9. The molecule has 0 atom stereocenters. The molecule has 0 bridgehead atoms. The number of nitrogens with two attached hydrogens (primary N) is 1. The zero-order chi connectivity index (χ0) is 18.7. The summed E-state index contributed by atoms with van der Waals surface area (Å²) in [5, 5.41) is 2.99. The highest BCUT2D eigenvalue weighted by Crippen LogP contribution is 2.40. The summed E-state index contributed by atoms with van der Waals surface area (Å²) >= 11 is 9.58. The van der Waals surface area contributed by atoms with E-state index in [9.17, 15) is 9.18 Å². The van der Waals surface area contributed by atoms with E-state index in [1.807, 2.05) is 18.2 Å². The van der Waals surface area contributed by atoms with E-state index in [4.69, 9.17) is 5.73 Å². The predicted molar refractivity (Wildman–Crippen MR) is 113 cm³/mol. The summed E-state index contributed by atoms with van der Waals surface area (Å²) in [5.41, 5.74) is 7.64. The van der Waals surface area contributed by atoms with Gasteiger partial charge in [-0.15, -0.1) is 11.8 Å². The number of benzene rings is 2. The lowest BCUT2D eigenvalue weighted by molar-refractivity contribution is -0.113. The molecule has 0 saturated heterocycles. The molecular weight excluding hydrogens is 505 g/mol. The number of thioether (sulfide) groups is 1. The molecule has 26 heavy (non-hydrogen) atoms. The summed E-state index contributed by atoms with van der Waals surface area (Å²) in [6.07, 6.45) is 0. The Hall–Kier alpha value is -1.42. The minimum Gasteiger partial charge on any atom is -0.375 e. The SMILES string of the molecule is Nc1nc(-c2ccc(Br)cc2Br)c(SCC(=O)Nc2ccccc2F)s1. The van der Waals surface area contributed by atoms with Crippen molar-refractivity contribution in [1.82, 2.24) is 4.98 Å². The number of carbonyl (C=O) groups excluding carboxylic acids is 1. The maximum atomic E-state index is 13.6. The predicted octanol–water partition coefficient (Wildman–Crippen LogP) is 5.79. The van der Waals surface area contributed by atoms with Gasteiger partial charge in [0.25, 0.3) is 0 Å². The number of aromatic nitrogens is 1. The molecule has 0 fully saturated rings. The minimum atomic E-state index is -0.465. The van der Waals surface area contributed by atoms with Crippen LogP contribution in [0.3, 0.4) is 0 Å². The maximum absolute atomic E-state index is 13.6. The number of nitrogens with zero attached hydrogens (tertiary/aromatic N) is 1. The maximum Gasteiger partial charge on any atom is 0.234 e. The summed E-state index contributed by atoms with van der Waals surface area (Å²) < 4.78 is 16.3. The van der Waals surface area contributed by atoms with Crippen LogP contribution in [0.5, 0.6) is 0 Å². The molecule has 1 heterocycles. The molecule has 0 aliphatic rings. The van der Waals surface area contributed by atoms with Crippen LogP contribution in [0.25, 0.3) is 11.3 Å². The number of nitrogens with one attached hydrogen (secondary N) is 1. The molecule has 0 aliphatic carbocycles. The van der Waals surface area contributed by atoms with Gasteiger partial charge in [0.2, 0.25) is 5.91 Å². The van der Waals surface area contributed by atoms with Crippen LogP contribution < -0.4 is 11.1 Å². The molecule has 1 aromatic heterocycles. The van der Waals surface area contributed by atoms with E-state index in [0.29, 0.717) is 5.13 Å². The average Bonchev–Trinajstić information content (AvgIpc) is 2.95. The lowest BCUT2D eigenvalue weighted by atomic mass is 10.2. The van der Waals surface area contributed by atoms with Gasteiger partial charge in [-0.1, -0.05) is 61.4 Å². The number of amides is 1. The molecular formula is C17H12Br2FN3OS2. The highest BCUT2D eigenvalue weighted by Gasteiger charge is 2.17. The fourth-order valence-corrected chi connectivity index (χ4v) is 5.26. The van der Waals surface area contributed by atoms with Gasteiger partial charge in [0.15, 0.2) is 5.13 Å². The monoisotopic (exact) mass is 515 g/mol. The second kappa shape index (κ2) is 8.51. The Bertz CT molecular complexity index is 965. The van der Waals surface area contributed by atoms with Crippen molar-refractivity contribution in [3.05, 3.63) is 57.2 Å². The molecule has 2 aromatic carbocycles. The molecule has 0 unspecified atom stereocenters. The van der Waals surface area contributed by atoms with Crippen molar-refractivity contribution in [2.24, 2.45) is 0 Å². The Morgan fingerprint density at radius 2 is 2.04 bits per heavy atom. The summed E-state index contributed by atoms with van der Waals surface area (Å²) in [4.78, 5) is 16.5. The Morgan fingerprint density at radius 1 is 1.27 bits per heavy atom. The van der Waals surface area contributed by atoms with Crippen molar-refractivity contribution in [3.63, 3.8) is 0 Å². The first-order valence-electron chi connectivity index (χ1n) is 7.33. The highest BCUT2D eigenvalue weighted by molar-refractivity contribution is 9.11. The summed E-state index contributed by atoms with van der Waals surface area (Å²) in [7, 11) is 0. The zero-order valence-corrected chi connectivity index (χ0v) is 17.9. The van der Waals surface area contributed by atoms with Gasteiger partial charge >= 0.3 is 0 Å². The Balaban J connectivity index is 1.74. The molecule has 4 nitrogen and oxygen atoms in total. The van der Waals surface area contributed by atoms with E-state index in [1.165, 1.54) is 35.2 Å². The number of hydrogen-bond acceptors (Lipinski definition) is 5. The number of halogens is 3. The molecule has 134 valence electrons. The number of thiazole rings is 1. The van der Waals surface area contributed by atoms with Gasteiger partial charge in [0.05, 0.1) is 21.3 Å². The van der Waals surface area contributed by atoms with Crippen LogP contribution in [0.1, 0.15) is 0 Å². The first kappa shape index (κ1) is 19.3. The minimum absolute atomic E-state index is 0.122. The molecule has 3 rings (SSSR count). The Morgan fingerprint density at radius 3 is 2.77 bits per heavy atom. The third-order valence-electron chi connectivity index (χ3n) is 3.28. The van der Waals surface area contributed by atoms with Crippen LogP contribution in [0.15, 0.2) is 55.6 Å². The number of rotatable bonds is 5. The lowest BCUT2D eigenvalue weighted by Gasteiger charge is -2.07. The van der Waals surface area contributed by atoms with Gasteiger partial charge in [-0.25, -0.2) is 9.37 Å². The van der Waals surface area contributed by atoms with Crippen LogP contribution in [0, 0.1) is 5.82 Å². The first-order valence-corrected chi connectivity index (χ1v) is 10.7. The number of hydrogen-bond donors (Lipinski definition) is 2. The van der Waals surface area contributed by atoms with Crippen molar-refractivity contribution in [2.45, 2.75) is 4.21 Å². The van der Waals surface area contributed by atoms with Gasteiger partial charge in [-0.05, 0) is 24.3 Å². The molecule has 0 spiro atoms. The van der Waals surface area contributed by atoms with Crippen molar-refractivity contribution in [3.8, 4) is 11.3 Å². The third kappa shape index (κ3) is 4.64. The summed E-state index contributed by atoms with van der Waals surface area (Å²) in [5.74, 6) is -0.642. The standard InChI is InChI=1S/C17H12Br2FN3OS2/c18-9-5-6-10(11(19)7-9)15-16(26-17(21)23-15)25-8-14(24)22-13-4-2-1-3-12(13)20/h1-7H,8H2,(H2,21,23)(H,22,24). The second-order valence-corrected chi connectivity index (χ2v) is 9.17. The van der Waals surface area contributed by atoms with Crippen LogP contribution >= 0.6 is 55.0 Å². The summed E-state index contributed by atoms with van der Waals surface area (Å²) in [6, 6.07) is 11.8. The van der Waals surface area contributed by atoms with Crippen LogP contribution in [-0.4, -0.2) is 16.6 Å². The number of para-hydroxylation sites is 1. The Labute approximate surface area is 174 Å². The molecule has 3 N–H and O–H groups in total. The number of nitrogen functional groups attached to an aromatic ring is 1. The quantitative estimate of drug-likeness (QED) is 0.421. The van der Waals surface area contributed by atoms with Crippen molar-refractivity contribution in [1.29, 1.82) is 0 Å². The second-order valence-electron chi connectivity index (χ2n) is 5.13. The van der Waals surface area contributed by atoms with Gasteiger partial charge in [0.1, 0.15) is 5.82 Å². The lowest BCUT2D eigenvalue weighted by Crippen LogP contribution is -2.14. The molecule has 1 amide bonds. The van der Waals surface area contributed by atoms with E-state index in [1.54, 1.807) is 12.1 Å². The molecule has 9 heteroatoms. The fraction of sp³-hybridized carbons (Fsp3) is 0.0588. The van der Waals surface area contributed by atoms with E-state index in [-0.39, 0.29) is 17.3 Å². The van der Waals surface area contributed by atoms with Crippen LogP contribution in [0.4, 0.5) is 15.2 Å². The van der Waals surface area contributed by atoms with Gasteiger partial charge in [-0.2, -0.15) is 0 Å². The smallest absolute Gasteiger partial charge is 0.234 e. The number of anilines is 2. The largest absolute Gasteiger partial charge is 0.375 e. The van der Waals surface area contributed by atoms with E-state index >= 15 is 0 Å². The molecule has 0 saturated carbocycles. The number of carbonyl (C=O) groups is 1. The Kier molecular flexibility index (Phi) is 6.33. The molecule has 0 aliphatic heterocycles. The van der Waals surface area contributed by atoms with Crippen LogP contribution in [0.2, 0.25) is 0 Å². The van der Waals surface area contributed by atoms with Crippen molar-refractivity contribution in [2.75, 3.05) is 16.8 Å². The normalized spacial score (nSPS) is 10.7. The zero-order valence-electron chi connectivity index (χ0n) is 13.1. The topological polar surface area (TPSA) is 68.0 Å². The average molecular weight is 517 g/mol. The van der Waals surface area contributed by atoms with Gasteiger partial charge < -0.3 is 11.1 Å². The van der Waals surface area contributed by atoms with Crippen LogP contribution in [-0.2, 0) is 4.79 Å². The van der Waals surface area contributed by atoms with Crippen molar-refractivity contribution >= 4 is 71.7 Å². The molecule has 0 radical (unpaired) electrons. The van der Waals surface area contributed by atoms with E-state index in [0.717, 1.165) is 24.4 Å². The van der Waals surface area contributed by atoms with E-state index < -0.39 is 5.82 Å². The fourth-order valence-electron chi connectivity index (χ4n) is 2.15. The third-order valence-corrected chi connectivity index (χ3v) is 6.58. The first-order chi connectivity index (χ1) is 12.4.